The molecule has 6 nitrogen and oxygen atoms in total. The molecule has 3 fully saturated rings. The van der Waals surface area contributed by atoms with Crippen molar-refractivity contribution in [1.82, 2.24) is 20.0 Å². The van der Waals surface area contributed by atoms with Crippen molar-refractivity contribution in [1.29, 1.82) is 0 Å². The van der Waals surface area contributed by atoms with Crippen LogP contribution in [0.2, 0.25) is 0 Å². The molecule has 0 bridgehead atoms. The van der Waals surface area contributed by atoms with E-state index in [1.807, 2.05) is 4.90 Å². The van der Waals surface area contributed by atoms with E-state index in [-0.39, 0.29) is 6.03 Å². The number of ether oxygens (including phenoxy) is 1. The first-order chi connectivity index (χ1) is 11.8. The summed E-state index contributed by atoms with van der Waals surface area (Å²) in [5.41, 5.74) is 0. The highest BCUT2D eigenvalue weighted by atomic mass is 16.5. The Balaban J connectivity index is 1.33. The van der Waals surface area contributed by atoms with Gasteiger partial charge < -0.3 is 19.9 Å². The molecule has 0 aromatic rings. The van der Waals surface area contributed by atoms with Crippen LogP contribution in [0.5, 0.6) is 0 Å². The lowest BCUT2D eigenvalue weighted by Gasteiger charge is -2.40. The lowest BCUT2D eigenvalue weighted by molar-refractivity contribution is 0.0187. The number of amides is 2. The van der Waals surface area contributed by atoms with Gasteiger partial charge in [-0.1, -0.05) is 6.92 Å². The number of hydrogen-bond acceptors (Lipinski definition) is 4. The number of nitrogens with one attached hydrogen (secondary N) is 1. The number of hydrogen-bond donors (Lipinski definition) is 1. The maximum absolute atomic E-state index is 12.4. The molecular weight excluding hydrogens is 304 g/mol. The van der Waals surface area contributed by atoms with Crippen LogP contribution in [0.1, 0.15) is 32.6 Å². The predicted molar refractivity (Wildman–Crippen MR) is 95.2 cm³/mol. The van der Waals surface area contributed by atoms with Gasteiger partial charge in [-0.3, -0.25) is 4.90 Å². The van der Waals surface area contributed by atoms with Crippen LogP contribution in [0.15, 0.2) is 0 Å². The summed E-state index contributed by atoms with van der Waals surface area (Å²) >= 11 is 0. The molecule has 3 heterocycles. The minimum Gasteiger partial charge on any atom is -0.381 e. The Morgan fingerprint density at radius 2 is 1.83 bits per heavy atom. The van der Waals surface area contributed by atoms with Crippen LogP contribution in [0, 0.1) is 5.92 Å². The second-order valence-corrected chi connectivity index (χ2v) is 7.51. The fraction of sp³-hybridized carbons (Fsp3) is 0.944. The van der Waals surface area contributed by atoms with Crippen molar-refractivity contribution in [2.24, 2.45) is 5.92 Å². The highest BCUT2D eigenvalue weighted by molar-refractivity contribution is 5.74. The van der Waals surface area contributed by atoms with E-state index in [0.717, 1.165) is 65.3 Å². The van der Waals surface area contributed by atoms with E-state index in [2.05, 4.69) is 22.0 Å². The molecule has 0 aromatic carbocycles. The topological polar surface area (TPSA) is 48.1 Å². The lowest BCUT2D eigenvalue weighted by atomic mass is 10.1. The first kappa shape index (κ1) is 18.0. The Hall–Kier alpha value is -0.850. The summed E-state index contributed by atoms with van der Waals surface area (Å²) in [7, 11) is 0. The summed E-state index contributed by atoms with van der Waals surface area (Å²) in [4.78, 5) is 19.5. The predicted octanol–water partition coefficient (Wildman–Crippen LogP) is 1.22. The second kappa shape index (κ2) is 9.02. The first-order valence-electron chi connectivity index (χ1n) is 9.83. The Bertz CT molecular complexity index is 392. The summed E-state index contributed by atoms with van der Waals surface area (Å²) in [5, 5.41) is 3.17. The van der Waals surface area contributed by atoms with Crippen molar-refractivity contribution in [2.45, 2.75) is 38.6 Å². The van der Waals surface area contributed by atoms with Gasteiger partial charge in [-0.2, -0.15) is 0 Å². The quantitative estimate of drug-likeness (QED) is 0.819. The SMILES string of the molecule is CCCN1CC[C@@H](CNC(=O)N2CCN(C3CCOCC3)CC2)C1. The van der Waals surface area contributed by atoms with Crippen LogP contribution in [-0.2, 0) is 4.74 Å². The highest BCUT2D eigenvalue weighted by Gasteiger charge is 2.28. The molecule has 0 aromatic heterocycles. The van der Waals surface area contributed by atoms with Crippen molar-refractivity contribution < 1.29 is 9.53 Å². The molecule has 2 amide bonds. The van der Waals surface area contributed by atoms with Gasteiger partial charge in [0.1, 0.15) is 0 Å². The molecule has 3 saturated heterocycles. The molecule has 3 aliphatic heterocycles. The van der Waals surface area contributed by atoms with Gasteiger partial charge in [-0.15, -0.1) is 0 Å². The molecule has 1 N–H and O–H groups in total. The summed E-state index contributed by atoms with van der Waals surface area (Å²) < 4.78 is 5.45. The Kier molecular flexibility index (Phi) is 6.75. The van der Waals surface area contributed by atoms with Crippen LogP contribution < -0.4 is 5.32 Å². The third-order valence-electron chi connectivity index (χ3n) is 5.76. The van der Waals surface area contributed by atoms with E-state index in [1.54, 1.807) is 0 Å². The molecule has 0 radical (unpaired) electrons. The Morgan fingerprint density at radius 3 is 2.54 bits per heavy atom. The molecule has 0 unspecified atom stereocenters. The van der Waals surface area contributed by atoms with Gasteiger partial charge in [0.05, 0.1) is 0 Å². The lowest BCUT2D eigenvalue weighted by Crippen LogP contribution is -2.55. The molecule has 1 atom stereocenters. The van der Waals surface area contributed by atoms with Crippen molar-refractivity contribution in [3.8, 4) is 0 Å². The molecular formula is C18H34N4O2. The normalized spacial score (nSPS) is 27.5. The van der Waals surface area contributed by atoms with Gasteiger partial charge in [-0.05, 0) is 44.7 Å². The Labute approximate surface area is 146 Å². The van der Waals surface area contributed by atoms with Crippen molar-refractivity contribution >= 4 is 6.03 Å². The van der Waals surface area contributed by atoms with Crippen LogP contribution in [0.4, 0.5) is 4.79 Å². The van der Waals surface area contributed by atoms with E-state index in [9.17, 15) is 4.79 Å². The zero-order valence-electron chi connectivity index (χ0n) is 15.2. The third-order valence-corrected chi connectivity index (χ3v) is 5.76. The van der Waals surface area contributed by atoms with Crippen molar-refractivity contribution in [2.75, 3.05) is 65.6 Å². The van der Waals surface area contributed by atoms with Gasteiger partial charge >= 0.3 is 6.03 Å². The summed E-state index contributed by atoms with van der Waals surface area (Å²) in [6.45, 7) is 12.1. The van der Waals surface area contributed by atoms with Crippen molar-refractivity contribution in [3.05, 3.63) is 0 Å². The standard InChI is InChI=1S/C18H34N4O2/c1-2-6-20-7-3-16(15-20)14-19-18(23)22-10-8-21(9-11-22)17-4-12-24-13-5-17/h16-17H,2-15H2,1H3,(H,19,23)/t16-/m0/s1. The van der Waals surface area contributed by atoms with E-state index >= 15 is 0 Å². The van der Waals surface area contributed by atoms with Crippen LogP contribution >= 0.6 is 0 Å². The van der Waals surface area contributed by atoms with Gasteiger partial charge in [0.2, 0.25) is 0 Å². The number of carbonyl (C=O) groups is 1. The first-order valence-corrected chi connectivity index (χ1v) is 9.83. The molecule has 138 valence electrons. The maximum atomic E-state index is 12.4. The highest BCUT2D eigenvalue weighted by Crippen LogP contribution is 2.17. The zero-order chi connectivity index (χ0) is 16.8. The van der Waals surface area contributed by atoms with E-state index in [4.69, 9.17) is 4.74 Å². The van der Waals surface area contributed by atoms with Crippen LogP contribution in [-0.4, -0.2) is 92.3 Å². The van der Waals surface area contributed by atoms with E-state index in [1.165, 1.54) is 25.9 Å². The fourth-order valence-corrected chi connectivity index (χ4v) is 4.28. The number of likely N-dealkylation sites (tertiary alicyclic amines) is 1. The minimum absolute atomic E-state index is 0.135. The molecule has 3 rings (SSSR count). The molecule has 0 saturated carbocycles. The van der Waals surface area contributed by atoms with Gasteiger partial charge in [0.15, 0.2) is 0 Å². The monoisotopic (exact) mass is 338 g/mol. The maximum Gasteiger partial charge on any atom is 0.317 e. The average molecular weight is 338 g/mol. The molecule has 24 heavy (non-hydrogen) atoms. The number of carbonyl (C=O) groups excluding carboxylic acids is 1. The van der Waals surface area contributed by atoms with Crippen molar-refractivity contribution in [3.63, 3.8) is 0 Å². The smallest absolute Gasteiger partial charge is 0.317 e. The van der Waals surface area contributed by atoms with Crippen LogP contribution in [0.3, 0.4) is 0 Å². The number of urea groups is 1. The third kappa shape index (κ3) is 4.83. The summed E-state index contributed by atoms with van der Waals surface area (Å²) in [6, 6.07) is 0.794. The second-order valence-electron chi connectivity index (χ2n) is 7.51. The van der Waals surface area contributed by atoms with Gasteiger partial charge in [0, 0.05) is 58.5 Å². The number of nitrogens with zero attached hydrogens (tertiary/aromatic N) is 3. The summed E-state index contributed by atoms with van der Waals surface area (Å²) in [6.07, 6.45) is 4.72. The average Bonchev–Trinajstić information content (AvgIpc) is 3.08. The van der Waals surface area contributed by atoms with E-state index < -0.39 is 0 Å². The van der Waals surface area contributed by atoms with E-state index in [0.29, 0.717) is 12.0 Å². The molecule has 0 spiro atoms. The molecule has 0 aliphatic carbocycles. The summed E-state index contributed by atoms with van der Waals surface area (Å²) in [5.74, 6) is 0.629. The minimum atomic E-state index is 0.135. The van der Waals surface area contributed by atoms with Gasteiger partial charge in [0.25, 0.3) is 0 Å². The van der Waals surface area contributed by atoms with Gasteiger partial charge in [-0.25, -0.2) is 4.79 Å². The molecule has 6 heteroatoms. The fourth-order valence-electron chi connectivity index (χ4n) is 4.28. The number of piperazine rings is 1. The largest absolute Gasteiger partial charge is 0.381 e. The van der Waals surface area contributed by atoms with Crippen LogP contribution in [0.25, 0.3) is 0 Å². The Morgan fingerprint density at radius 1 is 1.08 bits per heavy atom. The number of rotatable bonds is 5. The zero-order valence-corrected chi connectivity index (χ0v) is 15.2. The molecule has 3 aliphatic rings.